The Labute approximate surface area is 97.4 Å². The quantitative estimate of drug-likeness (QED) is 0.425. The minimum Gasteiger partial charge on any atom is -0.456 e. The van der Waals surface area contributed by atoms with E-state index in [1.807, 2.05) is 0 Å². The first-order valence-electron chi connectivity index (χ1n) is 4.47. The molecule has 0 heterocycles. The van der Waals surface area contributed by atoms with Gasteiger partial charge in [0.05, 0.1) is 0 Å². The fourth-order valence-corrected chi connectivity index (χ4v) is 0.805. The first-order valence-corrected chi connectivity index (χ1v) is 4.47. The van der Waals surface area contributed by atoms with Gasteiger partial charge >= 0.3 is 23.7 Å². The van der Waals surface area contributed by atoms with Crippen LogP contribution in [0.3, 0.4) is 0 Å². The molecular formula is C9H9F7O2. The van der Waals surface area contributed by atoms with E-state index in [-0.39, 0.29) is 6.92 Å². The van der Waals surface area contributed by atoms with E-state index in [9.17, 15) is 35.5 Å². The van der Waals surface area contributed by atoms with Crippen molar-refractivity contribution in [3.05, 3.63) is 12.7 Å². The van der Waals surface area contributed by atoms with Crippen LogP contribution in [-0.2, 0) is 9.53 Å². The molecule has 0 aromatic heterocycles. The minimum atomic E-state index is -6.00. The summed E-state index contributed by atoms with van der Waals surface area (Å²) < 4.78 is 92.5. The minimum absolute atomic E-state index is 0.0136. The SMILES string of the molecule is C=CC(=O)OCC(F)(F)C(F)(F)C(F)(F)C(C)F. The van der Waals surface area contributed by atoms with Crippen LogP contribution in [0.4, 0.5) is 30.7 Å². The van der Waals surface area contributed by atoms with Crippen LogP contribution in [0.1, 0.15) is 6.92 Å². The first-order chi connectivity index (χ1) is 7.90. The predicted octanol–water partition coefficient (Wildman–Crippen LogP) is 2.98. The van der Waals surface area contributed by atoms with E-state index in [0.717, 1.165) is 0 Å². The number of halogens is 7. The molecule has 0 rings (SSSR count). The number of carbonyl (C=O) groups excluding carboxylic acids is 1. The zero-order valence-corrected chi connectivity index (χ0v) is 9.03. The Morgan fingerprint density at radius 3 is 2.06 bits per heavy atom. The molecule has 0 amide bonds. The smallest absolute Gasteiger partial charge is 0.378 e. The van der Waals surface area contributed by atoms with E-state index in [1.54, 1.807) is 0 Å². The first kappa shape index (κ1) is 16.7. The number of carbonyl (C=O) groups is 1. The molecule has 0 saturated carbocycles. The predicted molar refractivity (Wildman–Crippen MR) is 46.6 cm³/mol. The zero-order valence-electron chi connectivity index (χ0n) is 9.03. The van der Waals surface area contributed by atoms with Gasteiger partial charge in [0.25, 0.3) is 0 Å². The lowest BCUT2D eigenvalue weighted by Gasteiger charge is -2.32. The van der Waals surface area contributed by atoms with Gasteiger partial charge in [0.2, 0.25) is 0 Å². The summed E-state index contributed by atoms with van der Waals surface area (Å²) in [4.78, 5) is 10.4. The van der Waals surface area contributed by atoms with Crippen LogP contribution in [0.25, 0.3) is 0 Å². The van der Waals surface area contributed by atoms with Crippen molar-refractivity contribution >= 4 is 5.97 Å². The van der Waals surface area contributed by atoms with Gasteiger partial charge in [-0.05, 0) is 6.92 Å². The third kappa shape index (κ3) is 2.94. The molecule has 0 aromatic carbocycles. The summed E-state index contributed by atoms with van der Waals surface area (Å²) in [6.45, 7) is 0.487. The van der Waals surface area contributed by atoms with Crippen molar-refractivity contribution in [3.63, 3.8) is 0 Å². The zero-order chi connectivity index (χ0) is 14.8. The van der Waals surface area contributed by atoms with E-state index < -0.39 is 36.5 Å². The standard InChI is InChI=1S/C9H9F7O2/c1-3-6(17)18-4-7(11,12)9(15,16)8(13,14)5(2)10/h3,5H,1,4H2,2H3. The Hall–Kier alpha value is -1.28. The molecule has 0 saturated heterocycles. The molecule has 106 valence electrons. The van der Waals surface area contributed by atoms with Gasteiger partial charge in [0, 0.05) is 6.08 Å². The fraction of sp³-hybridized carbons (Fsp3) is 0.667. The van der Waals surface area contributed by atoms with Crippen molar-refractivity contribution in [2.75, 3.05) is 6.61 Å². The van der Waals surface area contributed by atoms with E-state index >= 15 is 0 Å². The van der Waals surface area contributed by atoms with Gasteiger partial charge in [-0.15, -0.1) is 0 Å². The number of esters is 1. The van der Waals surface area contributed by atoms with Crippen molar-refractivity contribution in [1.29, 1.82) is 0 Å². The second-order valence-corrected chi connectivity index (χ2v) is 3.33. The Morgan fingerprint density at radius 2 is 1.72 bits per heavy atom. The Bertz CT molecular complexity index is 325. The van der Waals surface area contributed by atoms with Crippen molar-refractivity contribution in [3.8, 4) is 0 Å². The summed E-state index contributed by atoms with van der Waals surface area (Å²) in [6.07, 6.45) is -3.13. The van der Waals surface area contributed by atoms with Crippen molar-refractivity contribution in [2.24, 2.45) is 0 Å². The third-order valence-electron chi connectivity index (χ3n) is 1.94. The van der Waals surface area contributed by atoms with Gasteiger partial charge in [0.15, 0.2) is 12.8 Å². The number of rotatable bonds is 6. The van der Waals surface area contributed by atoms with E-state index in [1.165, 1.54) is 0 Å². The average Bonchev–Trinajstić information content (AvgIpc) is 2.25. The summed E-state index contributed by atoms with van der Waals surface area (Å²) in [7, 11) is 0. The van der Waals surface area contributed by atoms with Crippen LogP contribution >= 0.6 is 0 Å². The summed E-state index contributed by atoms with van der Waals surface area (Å²) in [5.41, 5.74) is 0. The van der Waals surface area contributed by atoms with Crippen molar-refractivity contribution in [2.45, 2.75) is 30.9 Å². The van der Waals surface area contributed by atoms with E-state index in [0.29, 0.717) is 6.08 Å². The van der Waals surface area contributed by atoms with Gasteiger partial charge in [-0.25, -0.2) is 9.18 Å². The maximum absolute atomic E-state index is 12.8. The summed E-state index contributed by atoms with van der Waals surface area (Å²) >= 11 is 0. The highest BCUT2D eigenvalue weighted by Gasteiger charge is 2.74. The highest BCUT2D eigenvalue weighted by atomic mass is 19.3. The normalized spacial score (nSPS) is 15.1. The molecule has 0 aliphatic heterocycles. The van der Waals surface area contributed by atoms with Crippen LogP contribution in [0.5, 0.6) is 0 Å². The maximum atomic E-state index is 12.8. The summed E-state index contributed by atoms with van der Waals surface area (Å²) in [6, 6.07) is 0. The molecule has 0 bridgehead atoms. The maximum Gasteiger partial charge on any atom is 0.378 e. The lowest BCUT2D eigenvalue weighted by atomic mass is 10.0. The lowest BCUT2D eigenvalue weighted by molar-refractivity contribution is -0.330. The van der Waals surface area contributed by atoms with E-state index in [2.05, 4.69) is 11.3 Å². The van der Waals surface area contributed by atoms with Crippen molar-refractivity contribution < 1.29 is 40.3 Å². The van der Waals surface area contributed by atoms with Gasteiger partial charge in [-0.1, -0.05) is 6.58 Å². The van der Waals surface area contributed by atoms with Gasteiger partial charge < -0.3 is 4.74 Å². The number of hydrogen-bond donors (Lipinski definition) is 0. The summed E-state index contributed by atoms with van der Waals surface area (Å²) in [5.74, 6) is -18.5. The van der Waals surface area contributed by atoms with Gasteiger partial charge in [0.1, 0.15) is 0 Å². The van der Waals surface area contributed by atoms with Gasteiger partial charge in [-0.2, -0.15) is 26.3 Å². The molecule has 0 aliphatic carbocycles. The Morgan fingerprint density at radius 1 is 1.28 bits per heavy atom. The Kier molecular flexibility index (Phi) is 4.78. The molecule has 0 fully saturated rings. The highest BCUT2D eigenvalue weighted by Crippen LogP contribution is 2.48. The largest absolute Gasteiger partial charge is 0.456 e. The summed E-state index contributed by atoms with van der Waals surface area (Å²) in [5, 5.41) is 0. The van der Waals surface area contributed by atoms with Crippen LogP contribution in [0, 0.1) is 0 Å². The third-order valence-corrected chi connectivity index (χ3v) is 1.94. The Balaban J connectivity index is 5.07. The van der Waals surface area contributed by atoms with Crippen LogP contribution in [-0.4, -0.2) is 36.5 Å². The van der Waals surface area contributed by atoms with Crippen molar-refractivity contribution in [1.82, 2.24) is 0 Å². The molecular weight excluding hydrogens is 273 g/mol. The molecule has 0 aromatic rings. The molecule has 0 spiro atoms. The molecule has 1 atom stereocenters. The monoisotopic (exact) mass is 282 g/mol. The molecule has 18 heavy (non-hydrogen) atoms. The fourth-order valence-electron chi connectivity index (χ4n) is 0.805. The second kappa shape index (κ2) is 5.15. The number of ether oxygens (including phenoxy) is 1. The van der Waals surface area contributed by atoms with Crippen LogP contribution in [0.15, 0.2) is 12.7 Å². The topological polar surface area (TPSA) is 26.3 Å². The van der Waals surface area contributed by atoms with Gasteiger partial charge in [-0.3, -0.25) is 0 Å². The van der Waals surface area contributed by atoms with E-state index in [4.69, 9.17) is 0 Å². The van der Waals surface area contributed by atoms with Crippen LogP contribution < -0.4 is 0 Å². The lowest BCUT2D eigenvalue weighted by Crippen LogP contribution is -2.59. The average molecular weight is 282 g/mol. The number of alkyl halides is 7. The van der Waals surface area contributed by atoms with Crippen LogP contribution in [0.2, 0.25) is 0 Å². The second-order valence-electron chi connectivity index (χ2n) is 3.33. The molecule has 9 heteroatoms. The molecule has 0 aliphatic rings. The molecule has 0 radical (unpaired) electrons. The molecule has 0 N–H and O–H groups in total. The molecule has 1 unspecified atom stereocenters. The number of hydrogen-bond acceptors (Lipinski definition) is 2. The highest BCUT2D eigenvalue weighted by molar-refractivity contribution is 5.81. The molecule has 2 nitrogen and oxygen atoms in total.